The zero-order valence-corrected chi connectivity index (χ0v) is 3.68. The van der Waals surface area contributed by atoms with Crippen LogP contribution < -0.4 is 0 Å². The lowest BCUT2D eigenvalue weighted by Crippen LogP contribution is -1.57. The molecule has 0 aliphatic carbocycles. The first-order valence-corrected chi connectivity index (χ1v) is 2.19. The largest absolute Gasteiger partial charge is 0.756 e. The second-order valence-electron chi connectivity index (χ2n) is 0.447. The lowest BCUT2D eigenvalue weighted by molar-refractivity contribution is 0.394. The Morgan fingerprint density at radius 3 is 2.50 bits per heavy atom. The van der Waals surface area contributed by atoms with E-state index in [1.807, 2.05) is 0 Å². The Labute approximate surface area is 35.9 Å². The summed E-state index contributed by atoms with van der Waals surface area (Å²) in [6, 6.07) is 0. The molecule has 1 N–H and O–H groups in total. The van der Waals surface area contributed by atoms with E-state index in [0.717, 1.165) is 0 Å². The maximum atomic E-state index is 9.38. The molecule has 0 aromatic carbocycles. The van der Waals surface area contributed by atoms with E-state index in [1.54, 1.807) is 0 Å². The Bertz CT molecular complexity index is 91.5. The van der Waals surface area contributed by atoms with Gasteiger partial charge in [0.25, 0.3) is 0 Å². The van der Waals surface area contributed by atoms with Crippen LogP contribution in [0.25, 0.3) is 0 Å². The smallest absolute Gasteiger partial charge is 0.173 e. The number of terminal acetylenes is 1. The molecule has 0 saturated carbocycles. The fourth-order valence-corrected chi connectivity index (χ4v) is 0.135. The number of rotatable bonds is 1. The normalized spacial score (nSPS) is 9.00. The van der Waals surface area contributed by atoms with E-state index in [4.69, 9.17) is 4.89 Å². The zero-order valence-electron chi connectivity index (χ0n) is 2.79. The van der Waals surface area contributed by atoms with Gasteiger partial charge in [-0.25, -0.2) is 0 Å². The lowest BCUT2D eigenvalue weighted by Gasteiger charge is -1.58. The predicted molar refractivity (Wildman–Crippen MR) is 19.7 cm³/mol. The molecule has 3 nitrogen and oxygen atoms in total. The molecule has 0 aromatic rings. The molecule has 1 unspecified atom stereocenters. The summed E-state index contributed by atoms with van der Waals surface area (Å²) in [6.07, 6.45) is 5.95. The first-order chi connectivity index (χ1) is 2.77. The van der Waals surface area contributed by atoms with Crippen molar-refractivity contribution in [2.45, 2.75) is 0 Å². The SMILES string of the molecule is C#CO[P+](=O)O. The molecular weight excluding hydrogens is 103 g/mol. The minimum atomic E-state index is -2.59. The van der Waals surface area contributed by atoms with Gasteiger partial charge in [-0.05, 0) is 0 Å². The van der Waals surface area contributed by atoms with E-state index in [1.165, 1.54) is 6.11 Å². The molecule has 0 aliphatic rings. The van der Waals surface area contributed by atoms with Gasteiger partial charge in [0.1, 0.15) is 0 Å². The average Bonchev–Trinajstić information content (AvgIpc) is 1.35. The Morgan fingerprint density at radius 2 is 2.50 bits per heavy atom. The molecular formula is C2H2O3P+. The molecule has 0 saturated heterocycles. The molecule has 0 spiro atoms. The zero-order chi connectivity index (χ0) is 4.99. The fraction of sp³-hybridized carbons (Fsp3) is 0. The van der Waals surface area contributed by atoms with Crippen molar-refractivity contribution < 1.29 is 14.0 Å². The molecule has 0 heterocycles. The van der Waals surface area contributed by atoms with Gasteiger partial charge in [-0.15, -0.1) is 4.89 Å². The highest BCUT2D eigenvalue weighted by atomic mass is 31.1. The molecule has 4 heteroatoms. The van der Waals surface area contributed by atoms with Crippen molar-refractivity contribution in [1.82, 2.24) is 0 Å². The second kappa shape index (κ2) is 2.65. The Kier molecular flexibility index (Phi) is 2.39. The van der Waals surface area contributed by atoms with Crippen LogP contribution in [0.2, 0.25) is 0 Å². The van der Waals surface area contributed by atoms with Gasteiger partial charge < -0.3 is 0 Å². The van der Waals surface area contributed by atoms with Crippen LogP contribution in [0.15, 0.2) is 0 Å². The molecule has 0 rings (SSSR count). The number of hydrogen-bond donors (Lipinski definition) is 1. The third-order valence-corrected chi connectivity index (χ3v) is 0.392. The summed E-state index contributed by atoms with van der Waals surface area (Å²) in [5.41, 5.74) is 0. The molecule has 6 heavy (non-hydrogen) atoms. The Balaban J connectivity index is 3.13. The van der Waals surface area contributed by atoms with E-state index in [2.05, 4.69) is 10.9 Å². The maximum absolute atomic E-state index is 9.38. The molecule has 0 fully saturated rings. The van der Waals surface area contributed by atoms with E-state index in [0.29, 0.717) is 0 Å². The van der Waals surface area contributed by atoms with Crippen molar-refractivity contribution >= 4 is 8.25 Å². The van der Waals surface area contributed by atoms with Crippen molar-refractivity contribution in [2.75, 3.05) is 0 Å². The molecule has 0 bridgehead atoms. The van der Waals surface area contributed by atoms with Crippen LogP contribution in [0.5, 0.6) is 0 Å². The summed E-state index contributed by atoms with van der Waals surface area (Å²) in [6.45, 7) is 0. The molecule has 1 atom stereocenters. The van der Waals surface area contributed by atoms with Gasteiger partial charge >= 0.3 is 8.25 Å². The fourth-order valence-electron chi connectivity index (χ4n) is 0.0451. The Hall–Kier alpha value is -0.580. The van der Waals surface area contributed by atoms with Crippen LogP contribution in [0.1, 0.15) is 0 Å². The van der Waals surface area contributed by atoms with E-state index >= 15 is 0 Å². The lowest BCUT2D eigenvalue weighted by atomic mass is 11.3. The highest BCUT2D eigenvalue weighted by Gasteiger charge is 2.06. The van der Waals surface area contributed by atoms with Crippen molar-refractivity contribution in [3.05, 3.63) is 0 Å². The third-order valence-electron chi connectivity index (χ3n) is 0.131. The first-order valence-electron chi connectivity index (χ1n) is 1.06. The topological polar surface area (TPSA) is 46.5 Å². The monoisotopic (exact) mass is 105 g/mol. The minimum Gasteiger partial charge on any atom is -0.173 e. The standard InChI is InChI=1S/C2HO3P/c1-2-5-6(3)4/h1H/p+1. The summed E-state index contributed by atoms with van der Waals surface area (Å²) in [4.78, 5) is 7.70. The van der Waals surface area contributed by atoms with Gasteiger partial charge in [0, 0.05) is 4.57 Å². The van der Waals surface area contributed by atoms with Gasteiger partial charge in [0.2, 0.25) is 0 Å². The summed E-state index contributed by atoms with van der Waals surface area (Å²) < 4.78 is 13.0. The van der Waals surface area contributed by atoms with Gasteiger partial charge in [0.15, 0.2) is 6.11 Å². The summed E-state index contributed by atoms with van der Waals surface area (Å²) in [5.74, 6) is 0. The van der Waals surface area contributed by atoms with Crippen molar-refractivity contribution in [3.8, 4) is 12.5 Å². The van der Waals surface area contributed by atoms with Crippen LogP contribution in [0, 0.1) is 12.5 Å². The van der Waals surface area contributed by atoms with Gasteiger partial charge in [-0.2, -0.15) is 4.52 Å². The van der Waals surface area contributed by atoms with Crippen molar-refractivity contribution in [3.63, 3.8) is 0 Å². The molecule has 32 valence electrons. The molecule has 0 aromatic heterocycles. The minimum absolute atomic E-state index is 1.53. The average molecular weight is 105 g/mol. The van der Waals surface area contributed by atoms with Crippen LogP contribution in [-0.4, -0.2) is 4.89 Å². The number of hydrogen-bond acceptors (Lipinski definition) is 2. The molecule has 0 amide bonds. The molecule has 0 radical (unpaired) electrons. The predicted octanol–water partition coefficient (Wildman–Crippen LogP) is 0.243. The highest BCUT2D eigenvalue weighted by molar-refractivity contribution is 7.32. The highest BCUT2D eigenvalue weighted by Crippen LogP contribution is 2.11. The first kappa shape index (κ1) is 5.42. The quantitative estimate of drug-likeness (QED) is 0.384. The van der Waals surface area contributed by atoms with Gasteiger partial charge in [-0.3, -0.25) is 0 Å². The molecule has 0 aliphatic heterocycles. The summed E-state index contributed by atoms with van der Waals surface area (Å²) >= 11 is 0. The van der Waals surface area contributed by atoms with E-state index in [-0.39, 0.29) is 0 Å². The Morgan fingerprint density at radius 1 is 2.00 bits per heavy atom. The van der Waals surface area contributed by atoms with Gasteiger partial charge in [-0.1, -0.05) is 6.42 Å². The van der Waals surface area contributed by atoms with Crippen molar-refractivity contribution in [2.24, 2.45) is 0 Å². The second-order valence-corrected chi connectivity index (χ2v) is 1.11. The van der Waals surface area contributed by atoms with Gasteiger partial charge in [0.05, 0.1) is 0 Å². The third kappa shape index (κ3) is 3.42. The maximum Gasteiger partial charge on any atom is 0.756 e. The van der Waals surface area contributed by atoms with E-state index < -0.39 is 8.25 Å². The summed E-state index contributed by atoms with van der Waals surface area (Å²) in [7, 11) is -2.59. The van der Waals surface area contributed by atoms with Crippen LogP contribution in [0.3, 0.4) is 0 Å². The van der Waals surface area contributed by atoms with Crippen molar-refractivity contribution in [1.29, 1.82) is 0 Å². The van der Waals surface area contributed by atoms with E-state index in [9.17, 15) is 4.57 Å². The van der Waals surface area contributed by atoms with Crippen LogP contribution in [0.4, 0.5) is 0 Å². The van der Waals surface area contributed by atoms with Crippen LogP contribution >= 0.6 is 8.25 Å². The van der Waals surface area contributed by atoms with Crippen LogP contribution in [-0.2, 0) is 9.09 Å². The summed E-state index contributed by atoms with van der Waals surface area (Å²) in [5, 5.41) is 0.